The highest BCUT2D eigenvalue weighted by Gasteiger charge is 2.23. The van der Waals surface area contributed by atoms with Gasteiger partial charge in [0, 0.05) is 16.1 Å². The highest BCUT2D eigenvalue weighted by Crippen LogP contribution is 2.19. The Morgan fingerprint density at radius 1 is 1.50 bits per heavy atom. The molecule has 1 unspecified atom stereocenters. The highest BCUT2D eigenvalue weighted by atomic mass is 32.1. The minimum atomic E-state index is -1.07. The van der Waals surface area contributed by atoms with Gasteiger partial charge in [0.1, 0.15) is 0 Å². The molecule has 0 spiro atoms. The second kappa shape index (κ2) is 5.87. The van der Waals surface area contributed by atoms with Crippen molar-refractivity contribution in [3.63, 3.8) is 0 Å². The summed E-state index contributed by atoms with van der Waals surface area (Å²) in [6, 6.07) is 2.44. The molecule has 0 radical (unpaired) electrons. The average Bonchev–Trinajstić information content (AvgIpc) is 3.01. The number of H-pyrrole nitrogens is 1. The zero-order valence-electron chi connectivity index (χ0n) is 11.1. The molecule has 7 heteroatoms. The van der Waals surface area contributed by atoms with E-state index in [9.17, 15) is 14.7 Å². The summed E-state index contributed by atoms with van der Waals surface area (Å²) >= 11 is 1.30. The number of rotatable bonds is 5. The molecule has 0 saturated carbocycles. The summed E-state index contributed by atoms with van der Waals surface area (Å²) in [7, 11) is 0. The zero-order chi connectivity index (χ0) is 14.7. The lowest BCUT2D eigenvalue weighted by molar-refractivity contribution is -0.141. The number of nitrogens with one attached hydrogen (secondary N) is 2. The van der Waals surface area contributed by atoms with Crippen molar-refractivity contribution < 1.29 is 14.7 Å². The third-order valence-corrected chi connectivity index (χ3v) is 3.94. The Labute approximate surface area is 119 Å². The fraction of sp³-hybridized carbons (Fsp3) is 0.308. The maximum absolute atomic E-state index is 12.0. The first-order chi connectivity index (χ1) is 9.49. The van der Waals surface area contributed by atoms with Crippen LogP contribution in [0.3, 0.4) is 0 Å². The fourth-order valence-corrected chi connectivity index (χ4v) is 2.68. The van der Waals surface area contributed by atoms with Gasteiger partial charge in [-0.25, -0.2) is 4.79 Å². The van der Waals surface area contributed by atoms with Gasteiger partial charge in [-0.05, 0) is 25.3 Å². The number of hydrogen-bond donors (Lipinski definition) is 3. The van der Waals surface area contributed by atoms with Gasteiger partial charge in [0.15, 0.2) is 6.04 Å². The van der Waals surface area contributed by atoms with Crippen molar-refractivity contribution >= 4 is 23.2 Å². The molecule has 1 atom stereocenters. The van der Waals surface area contributed by atoms with Crippen molar-refractivity contribution in [2.75, 3.05) is 0 Å². The lowest BCUT2D eigenvalue weighted by Gasteiger charge is -2.13. The molecule has 2 heterocycles. The lowest BCUT2D eigenvalue weighted by atomic mass is 10.1. The van der Waals surface area contributed by atoms with E-state index in [1.54, 1.807) is 24.4 Å². The van der Waals surface area contributed by atoms with Crippen molar-refractivity contribution in [1.29, 1.82) is 0 Å². The molecule has 0 saturated heterocycles. The number of aromatic amines is 1. The van der Waals surface area contributed by atoms with Crippen LogP contribution in [-0.4, -0.2) is 27.2 Å². The number of carboxylic acid groups (broad SMARTS) is 1. The number of amides is 1. The Balaban J connectivity index is 2.08. The molecular formula is C13H15N3O3S. The minimum Gasteiger partial charge on any atom is -0.479 e. The first-order valence-corrected chi connectivity index (χ1v) is 6.93. The van der Waals surface area contributed by atoms with E-state index >= 15 is 0 Å². The smallest absolute Gasteiger partial charge is 0.331 e. The highest BCUT2D eigenvalue weighted by molar-refractivity contribution is 7.10. The molecule has 1 amide bonds. The SMILES string of the molecule is Cc1n[nH]c(C)c1CC(=O)NC(C(=O)O)c1cccs1. The summed E-state index contributed by atoms with van der Waals surface area (Å²) in [6.07, 6.45) is 0.114. The minimum absolute atomic E-state index is 0.114. The van der Waals surface area contributed by atoms with Gasteiger partial charge in [0.2, 0.25) is 5.91 Å². The Morgan fingerprint density at radius 2 is 2.25 bits per heavy atom. The standard InChI is InChI=1S/C13H15N3O3S/c1-7-9(8(2)16-15-7)6-11(17)14-12(13(18)19)10-4-3-5-20-10/h3-5,12H,6H2,1-2H3,(H,14,17)(H,15,16)(H,18,19). The van der Waals surface area contributed by atoms with Crippen molar-refractivity contribution in [1.82, 2.24) is 15.5 Å². The number of aromatic nitrogens is 2. The van der Waals surface area contributed by atoms with Gasteiger partial charge in [-0.1, -0.05) is 6.07 Å². The summed E-state index contributed by atoms with van der Waals surface area (Å²) in [5.74, 6) is -1.40. The zero-order valence-corrected chi connectivity index (χ0v) is 12.0. The molecule has 106 valence electrons. The van der Waals surface area contributed by atoms with E-state index in [-0.39, 0.29) is 12.3 Å². The summed E-state index contributed by atoms with van der Waals surface area (Å²) in [5, 5.41) is 20.3. The third-order valence-electron chi connectivity index (χ3n) is 3.00. The Kier molecular flexibility index (Phi) is 4.19. The van der Waals surface area contributed by atoms with E-state index in [0.717, 1.165) is 17.0 Å². The predicted octanol–water partition coefficient (Wildman–Crippen LogP) is 1.57. The number of aryl methyl sites for hydroxylation is 2. The molecular weight excluding hydrogens is 278 g/mol. The van der Waals surface area contributed by atoms with E-state index < -0.39 is 12.0 Å². The molecule has 0 aliphatic rings. The molecule has 0 aliphatic carbocycles. The number of aliphatic carboxylic acids is 1. The van der Waals surface area contributed by atoms with Crippen LogP contribution in [0.2, 0.25) is 0 Å². The van der Waals surface area contributed by atoms with Crippen molar-refractivity contribution in [2.45, 2.75) is 26.3 Å². The van der Waals surface area contributed by atoms with Gasteiger partial charge in [-0.15, -0.1) is 11.3 Å². The fourth-order valence-electron chi connectivity index (χ4n) is 1.92. The first kappa shape index (κ1) is 14.3. The third kappa shape index (κ3) is 3.05. The molecule has 20 heavy (non-hydrogen) atoms. The van der Waals surface area contributed by atoms with Crippen molar-refractivity contribution in [2.24, 2.45) is 0 Å². The molecule has 3 N–H and O–H groups in total. The molecule has 0 bridgehead atoms. The Hall–Kier alpha value is -2.15. The van der Waals surface area contributed by atoms with Gasteiger partial charge in [-0.3, -0.25) is 9.89 Å². The molecule has 2 rings (SSSR count). The molecule has 2 aromatic heterocycles. The topological polar surface area (TPSA) is 95.1 Å². The van der Waals surface area contributed by atoms with Crippen LogP contribution in [0.25, 0.3) is 0 Å². The van der Waals surface area contributed by atoms with Crippen LogP contribution in [0.5, 0.6) is 0 Å². The van der Waals surface area contributed by atoms with Gasteiger partial charge in [0.05, 0.1) is 12.1 Å². The second-order valence-electron chi connectivity index (χ2n) is 4.44. The first-order valence-electron chi connectivity index (χ1n) is 6.05. The van der Waals surface area contributed by atoms with Crippen molar-refractivity contribution in [3.05, 3.63) is 39.3 Å². The second-order valence-corrected chi connectivity index (χ2v) is 5.42. The van der Waals surface area contributed by atoms with Crippen molar-refractivity contribution in [3.8, 4) is 0 Å². The summed E-state index contributed by atoms with van der Waals surface area (Å²) in [6.45, 7) is 3.64. The quantitative estimate of drug-likeness (QED) is 0.780. The van der Waals surface area contributed by atoms with Crippen LogP contribution >= 0.6 is 11.3 Å². The van der Waals surface area contributed by atoms with Crippen LogP contribution in [0.15, 0.2) is 17.5 Å². The molecule has 0 aliphatic heterocycles. The number of carbonyl (C=O) groups is 2. The van der Waals surface area contributed by atoms with E-state index in [1.807, 2.05) is 6.92 Å². The molecule has 6 nitrogen and oxygen atoms in total. The van der Waals surface area contributed by atoms with Gasteiger partial charge in [-0.2, -0.15) is 5.10 Å². The largest absolute Gasteiger partial charge is 0.479 e. The summed E-state index contributed by atoms with van der Waals surface area (Å²) < 4.78 is 0. The number of thiophene rings is 1. The summed E-state index contributed by atoms with van der Waals surface area (Å²) in [4.78, 5) is 23.9. The monoisotopic (exact) mass is 293 g/mol. The van der Waals surface area contributed by atoms with Gasteiger partial charge < -0.3 is 10.4 Å². The van der Waals surface area contributed by atoms with Gasteiger partial charge >= 0.3 is 5.97 Å². The van der Waals surface area contributed by atoms with Crippen LogP contribution in [0, 0.1) is 13.8 Å². The Morgan fingerprint density at radius 3 is 2.75 bits per heavy atom. The normalized spacial score (nSPS) is 12.1. The number of hydrogen-bond acceptors (Lipinski definition) is 4. The van der Waals surface area contributed by atoms with E-state index in [0.29, 0.717) is 4.88 Å². The number of nitrogens with zero attached hydrogens (tertiary/aromatic N) is 1. The lowest BCUT2D eigenvalue weighted by Crippen LogP contribution is -2.34. The molecule has 0 aromatic carbocycles. The Bertz CT molecular complexity index is 599. The average molecular weight is 293 g/mol. The number of carboxylic acids is 1. The van der Waals surface area contributed by atoms with Crippen LogP contribution in [0.1, 0.15) is 27.9 Å². The molecule has 2 aromatic rings. The van der Waals surface area contributed by atoms with Crippen LogP contribution in [0.4, 0.5) is 0 Å². The molecule has 0 fully saturated rings. The number of carbonyl (C=O) groups excluding carboxylic acids is 1. The van der Waals surface area contributed by atoms with E-state index in [2.05, 4.69) is 15.5 Å². The predicted molar refractivity (Wildman–Crippen MR) is 74.6 cm³/mol. The van der Waals surface area contributed by atoms with Gasteiger partial charge in [0.25, 0.3) is 0 Å². The maximum atomic E-state index is 12.0. The summed E-state index contributed by atoms with van der Waals surface area (Å²) in [5.41, 5.74) is 2.37. The maximum Gasteiger partial charge on any atom is 0.331 e. The van der Waals surface area contributed by atoms with Crippen LogP contribution < -0.4 is 5.32 Å². The van der Waals surface area contributed by atoms with E-state index in [4.69, 9.17) is 0 Å². The van der Waals surface area contributed by atoms with E-state index in [1.165, 1.54) is 11.3 Å². The van der Waals surface area contributed by atoms with Crippen LogP contribution in [-0.2, 0) is 16.0 Å².